The van der Waals surface area contributed by atoms with Crippen molar-refractivity contribution in [1.82, 2.24) is 19.9 Å². The third-order valence-electron chi connectivity index (χ3n) is 1.36. The van der Waals surface area contributed by atoms with Crippen LogP contribution in [0, 0.1) is 0 Å². The molecule has 2 aromatic rings. The first-order valence-corrected chi connectivity index (χ1v) is 3.51. The maximum atomic E-state index is 10.3. The number of aromatic amines is 1. The molecule has 0 saturated carbocycles. The topological polar surface area (TPSA) is 71.5 Å². The number of nitrogens with zero attached hydrogens (tertiary/aromatic N) is 3. The Hall–Kier alpha value is -1.49. The molecule has 0 spiro atoms. The van der Waals surface area contributed by atoms with Gasteiger partial charge in [0.25, 0.3) is 0 Å². The second-order valence-electron chi connectivity index (χ2n) is 2.09. The second kappa shape index (κ2) is 2.53. The Labute approximate surface area is 71.8 Å². The van der Waals surface area contributed by atoms with Gasteiger partial charge in [-0.15, -0.1) is 0 Å². The van der Waals surface area contributed by atoms with E-state index >= 15 is 0 Å². The molecule has 0 unspecified atom stereocenters. The number of aldehydes is 1. The number of hydrogen-bond acceptors (Lipinski definition) is 4. The molecule has 0 atom stereocenters. The lowest BCUT2D eigenvalue weighted by Crippen LogP contribution is -1.93. The van der Waals surface area contributed by atoms with Crippen LogP contribution in [0.25, 0.3) is 11.2 Å². The molecule has 0 aliphatic rings. The van der Waals surface area contributed by atoms with Crippen molar-refractivity contribution < 1.29 is 4.79 Å². The number of carbonyl (C=O) groups excluding carboxylic acids is 1. The minimum Gasteiger partial charge on any atom is -0.341 e. The number of imidazole rings is 1. The summed E-state index contributed by atoms with van der Waals surface area (Å²) in [6, 6.07) is 0. The fourth-order valence-electron chi connectivity index (χ4n) is 0.866. The predicted octanol–water partition coefficient (Wildman–Crippen LogP) is 0.819. The maximum Gasteiger partial charge on any atom is 0.196 e. The fraction of sp³-hybridized carbons (Fsp3) is 0. The number of nitrogens with one attached hydrogen (secondary N) is 1. The van der Waals surface area contributed by atoms with Gasteiger partial charge in [-0.25, -0.2) is 15.0 Å². The quantitative estimate of drug-likeness (QED) is 0.524. The van der Waals surface area contributed by atoms with Crippen molar-refractivity contribution >= 4 is 29.1 Å². The summed E-state index contributed by atoms with van der Waals surface area (Å²) < 4.78 is 0. The minimum absolute atomic E-state index is 0.0413. The maximum absolute atomic E-state index is 10.3. The lowest BCUT2D eigenvalue weighted by atomic mass is 10.5. The molecule has 2 rings (SSSR count). The Balaban J connectivity index is 2.83. The van der Waals surface area contributed by atoms with Crippen LogP contribution in [0.5, 0.6) is 0 Å². The van der Waals surface area contributed by atoms with Crippen molar-refractivity contribution in [3.05, 3.63) is 17.3 Å². The lowest BCUT2D eigenvalue weighted by molar-refractivity contribution is 0.111. The van der Waals surface area contributed by atoms with Gasteiger partial charge in [0, 0.05) is 0 Å². The van der Waals surface area contributed by atoms with Gasteiger partial charge in [0.05, 0.1) is 6.33 Å². The number of aromatic nitrogens is 4. The van der Waals surface area contributed by atoms with Crippen LogP contribution in [0.4, 0.5) is 0 Å². The molecule has 0 fully saturated rings. The Bertz CT molecular complexity index is 438. The van der Waals surface area contributed by atoms with Gasteiger partial charge >= 0.3 is 0 Å². The van der Waals surface area contributed by atoms with Crippen molar-refractivity contribution in [2.75, 3.05) is 0 Å². The minimum atomic E-state index is 0.0413. The molecule has 12 heavy (non-hydrogen) atoms. The van der Waals surface area contributed by atoms with Gasteiger partial charge in [-0.3, -0.25) is 4.79 Å². The van der Waals surface area contributed by atoms with Gasteiger partial charge in [-0.2, -0.15) is 0 Å². The highest BCUT2D eigenvalue weighted by Gasteiger charge is 2.06. The van der Waals surface area contributed by atoms with Gasteiger partial charge < -0.3 is 4.98 Å². The van der Waals surface area contributed by atoms with Gasteiger partial charge in [0.2, 0.25) is 0 Å². The van der Waals surface area contributed by atoms with Crippen molar-refractivity contribution in [1.29, 1.82) is 0 Å². The van der Waals surface area contributed by atoms with Crippen LogP contribution in [-0.2, 0) is 0 Å². The Morgan fingerprint density at radius 3 is 3.08 bits per heavy atom. The van der Waals surface area contributed by atoms with Gasteiger partial charge in [-0.05, 0) is 0 Å². The Morgan fingerprint density at radius 1 is 1.50 bits per heavy atom. The Morgan fingerprint density at radius 2 is 2.33 bits per heavy atom. The molecule has 2 aromatic heterocycles. The summed E-state index contributed by atoms with van der Waals surface area (Å²) in [7, 11) is 0. The van der Waals surface area contributed by atoms with Crippen molar-refractivity contribution in [3.8, 4) is 0 Å². The summed E-state index contributed by atoms with van der Waals surface area (Å²) in [5.41, 5.74) is 0.944. The lowest BCUT2D eigenvalue weighted by Gasteiger charge is -1.91. The predicted molar refractivity (Wildman–Crippen MR) is 42.1 cm³/mol. The van der Waals surface area contributed by atoms with E-state index in [0.717, 1.165) is 0 Å². The van der Waals surface area contributed by atoms with E-state index in [-0.39, 0.29) is 11.0 Å². The first-order chi connectivity index (χ1) is 5.81. The summed E-state index contributed by atoms with van der Waals surface area (Å²) >= 11 is 5.70. The summed E-state index contributed by atoms with van der Waals surface area (Å²) in [6.45, 7) is 0. The van der Waals surface area contributed by atoms with E-state index in [0.29, 0.717) is 17.5 Å². The smallest absolute Gasteiger partial charge is 0.196 e. The molecule has 0 saturated heterocycles. The van der Waals surface area contributed by atoms with Crippen LogP contribution < -0.4 is 0 Å². The third-order valence-corrected chi connectivity index (χ3v) is 1.64. The summed E-state index contributed by atoms with van der Waals surface area (Å²) in [5, 5.41) is 0.208. The second-order valence-corrected chi connectivity index (χ2v) is 2.45. The van der Waals surface area contributed by atoms with E-state index in [1.54, 1.807) is 0 Å². The molecule has 0 bridgehead atoms. The van der Waals surface area contributed by atoms with Crippen LogP contribution in [0.3, 0.4) is 0 Å². The molecule has 0 amide bonds. The highest BCUT2D eigenvalue weighted by Crippen LogP contribution is 2.15. The molecule has 6 heteroatoms. The first kappa shape index (κ1) is 7.17. The standard InChI is InChI=1S/C6H3ClN4O/c7-5-4-6(9-2-8-4)11-3(1-12)10-5/h1-2H,(H,8,9,10,11). The number of H-pyrrole nitrogens is 1. The largest absolute Gasteiger partial charge is 0.341 e. The van der Waals surface area contributed by atoms with E-state index in [2.05, 4.69) is 19.9 Å². The van der Waals surface area contributed by atoms with Crippen LogP contribution in [-0.4, -0.2) is 26.2 Å². The van der Waals surface area contributed by atoms with Gasteiger partial charge in [-0.1, -0.05) is 11.6 Å². The summed E-state index contributed by atoms with van der Waals surface area (Å²) in [6.07, 6.45) is 1.97. The van der Waals surface area contributed by atoms with E-state index in [1.807, 2.05) is 0 Å². The normalized spacial score (nSPS) is 10.4. The van der Waals surface area contributed by atoms with Crippen LogP contribution in [0.15, 0.2) is 6.33 Å². The molecule has 0 aromatic carbocycles. The molecule has 0 radical (unpaired) electrons. The van der Waals surface area contributed by atoms with E-state index < -0.39 is 0 Å². The number of halogens is 1. The van der Waals surface area contributed by atoms with Crippen molar-refractivity contribution in [2.24, 2.45) is 0 Å². The average Bonchev–Trinajstić information content (AvgIpc) is 2.52. The zero-order valence-electron chi connectivity index (χ0n) is 5.78. The Kier molecular flexibility index (Phi) is 1.51. The number of rotatable bonds is 1. The third kappa shape index (κ3) is 0.947. The van der Waals surface area contributed by atoms with Crippen LogP contribution >= 0.6 is 11.6 Å². The van der Waals surface area contributed by atoms with E-state index in [1.165, 1.54) is 6.33 Å². The zero-order chi connectivity index (χ0) is 8.55. The summed E-state index contributed by atoms with van der Waals surface area (Å²) in [5.74, 6) is 0.0413. The van der Waals surface area contributed by atoms with Gasteiger partial charge in [0.15, 0.2) is 22.9 Å². The van der Waals surface area contributed by atoms with Crippen LogP contribution in [0.1, 0.15) is 10.6 Å². The molecule has 1 N–H and O–H groups in total. The fourth-order valence-corrected chi connectivity index (χ4v) is 1.09. The highest BCUT2D eigenvalue weighted by atomic mass is 35.5. The molecule has 5 nitrogen and oxygen atoms in total. The molecular formula is C6H3ClN4O. The molecule has 0 aliphatic carbocycles. The van der Waals surface area contributed by atoms with Gasteiger partial charge in [0.1, 0.15) is 5.52 Å². The van der Waals surface area contributed by atoms with Crippen LogP contribution in [0.2, 0.25) is 5.15 Å². The average molecular weight is 183 g/mol. The molecule has 2 heterocycles. The monoisotopic (exact) mass is 182 g/mol. The highest BCUT2D eigenvalue weighted by molar-refractivity contribution is 6.33. The first-order valence-electron chi connectivity index (χ1n) is 3.13. The van der Waals surface area contributed by atoms with Crippen molar-refractivity contribution in [3.63, 3.8) is 0 Å². The van der Waals surface area contributed by atoms with E-state index in [9.17, 15) is 4.79 Å². The van der Waals surface area contributed by atoms with E-state index in [4.69, 9.17) is 11.6 Å². The number of carbonyl (C=O) groups is 1. The molecule has 0 aliphatic heterocycles. The zero-order valence-corrected chi connectivity index (χ0v) is 6.54. The number of hydrogen-bond donors (Lipinski definition) is 1. The number of fused-ring (bicyclic) bond motifs is 1. The van der Waals surface area contributed by atoms with Crippen molar-refractivity contribution in [2.45, 2.75) is 0 Å². The summed E-state index contributed by atoms with van der Waals surface area (Å²) in [4.78, 5) is 24.4. The molecule has 60 valence electrons. The molecular weight excluding hydrogens is 180 g/mol. The SMILES string of the molecule is O=Cc1nc(Cl)c2[nH]cnc2n1.